The van der Waals surface area contributed by atoms with Crippen LogP contribution in [0.1, 0.15) is 48.1 Å². The minimum Gasteiger partial charge on any atom is -0.508 e. The number of aliphatic hydroxyl groups is 1. The fourth-order valence-electron chi connectivity index (χ4n) is 4.19. The van der Waals surface area contributed by atoms with Gasteiger partial charge in [0.05, 0.1) is 18.7 Å². The predicted molar refractivity (Wildman–Crippen MR) is 127 cm³/mol. The molecule has 0 saturated carbocycles. The third kappa shape index (κ3) is 4.73. The van der Waals surface area contributed by atoms with Gasteiger partial charge in [-0.05, 0) is 67.9 Å². The van der Waals surface area contributed by atoms with Gasteiger partial charge >= 0.3 is 0 Å². The number of Topliss-reactive ketones (excluding diaryl/α,β-unsaturated/α-hetero) is 1. The first-order valence-electron chi connectivity index (χ1n) is 11.0. The zero-order valence-corrected chi connectivity index (χ0v) is 20.0. The Morgan fingerprint density at radius 1 is 1.18 bits per heavy atom. The molecule has 1 aliphatic heterocycles. The van der Waals surface area contributed by atoms with Gasteiger partial charge in [-0.25, -0.2) is 0 Å². The Balaban J connectivity index is 2.24. The molecule has 0 bridgehead atoms. The van der Waals surface area contributed by atoms with Crippen molar-refractivity contribution in [2.45, 2.75) is 32.7 Å². The van der Waals surface area contributed by atoms with Crippen molar-refractivity contribution in [2.75, 3.05) is 34.3 Å². The number of nitrogens with zero attached hydrogens (tertiary/aromatic N) is 2. The number of hydrogen-bond donors (Lipinski definition) is 2. The molecule has 1 atom stereocenters. The number of methoxy groups -OCH3 is 1. The van der Waals surface area contributed by atoms with E-state index < -0.39 is 17.7 Å². The quantitative estimate of drug-likeness (QED) is 0.377. The van der Waals surface area contributed by atoms with Gasteiger partial charge in [-0.15, -0.1) is 0 Å². The van der Waals surface area contributed by atoms with Crippen molar-refractivity contribution < 1.29 is 24.5 Å². The van der Waals surface area contributed by atoms with Gasteiger partial charge in [0.2, 0.25) is 0 Å². The summed E-state index contributed by atoms with van der Waals surface area (Å²) in [5.74, 6) is -0.779. The van der Waals surface area contributed by atoms with Crippen molar-refractivity contribution in [1.82, 2.24) is 9.80 Å². The standard InChI is InChI=1S/C26H32N2O5/c1-15(2)19-14-20(16(3)12-21(19)33-6)24(30)22-23(17-8-7-9-18(29)13-17)28(11-10-27(4)5)26(32)25(22)31/h7-9,12-15,23,29-30H,10-11H2,1-6H3/b24-22+. The average Bonchev–Trinajstić information content (AvgIpc) is 3.01. The van der Waals surface area contributed by atoms with Crippen LogP contribution in [0.4, 0.5) is 0 Å². The maximum Gasteiger partial charge on any atom is 0.295 e. The van der Waals surface area contributed by atoms with E-state index in [2.05, 4.69) is 0 Å². The maximum absolute atomic E-state index is 13.2. The summed E-state index contributed by atoms with van der Waals surface area (Å²) in [7, 11) is 5.36. The number of amides is 1. The molecule has 7 heteroatoms. The van der Waals surface area contributed by atoms with Gasteiger partial charge in [-0.3, -0.25) is 9.59 Å². The number of aryl methyl sites for hydroxylation is 1. The second-order valence-corrected chi connectivity index (χ2v) is 8.95. The molecular formula is C26H32N2O5. The van der Waals surface area contributed by atoms with Gasteiger partial charge in [0.25, 0.3) is 11.7 Å². The van der Waals surface area contributed by atoms with Crippen LogP contribution in [0.2, 0.25) is 0 Å². The van der Waals surface area contributed by atoms with Gasteiger partial charge < -0.3 is 24.7 Å². The molecule has 0 aromatic heterocycles. The largest absolute Gasteiger partial charge is 0.508 e. The van der Waals surface area contributed by atoms with E-state index in [9.17, 15) is 19.8 Å². The highest BCUT2D eigenvalue weighted by Crippen LogP contribution is 2.41. The lowest BCUT2D eigenvalue weighted by Crippen LogP contribution is -2.35. The van der Waals surface area contributed by atoms with Gasteiger partial charge in [-0.1, -0.05) is 26.0 Å². The molecule has 7 nitrogen and oxygen atoms in total. The average molecular weight is 453 g/mol. The molecule has 2 aromatic rings. The van der Waals surface area contributed by atoms with E-state index in [0.717, 1.165) is 11.1 Å². The molecular weight excluding hydrogens is 420 g/mol. The molecule has 0 radical (unpaired) electrons. The number of benzene rings is 2. The Hall–Kier alpha value is -3.32. The number of ether oxygens (including phenoxy) is 1. The maximum atomic E-state index is 13.2. The zero-order valence-electron chi connectivity index (χ0n) is 20.0. The zero-order chi connectivity index (χ0) is 24.4. The molecule has 2 N–H and O–H groups in total. The van der Waals surface area contributed by atoms with E-state index >= 15 is 0 Å². The molecule has 33 heavy (non-hydrogen) atoms. The fourth-order valence-corrected chi connectivity index (χ4v) is 4.19. The van der Waals surface area contributed by atoms with Crippen molar-refractivity contribution in [2.24, 2.45) is 0 Å². The van der Waals surface area contributed by atoms with Crippen LogP contribution in [0, 0.1) is 6.92 Å². The van der Waals surface area contributed by atoms with Crippen LogP contribution in [0.15, 0.2) is 42.0 Å². The Labute approximate surface area is 194 Å². The van der Waals surface area contributed by atoms with Crippen LogP contribution in [-0.4, -0.2) is 66.0 Å². The second kappa shape index (κ2) is 9.67. The minimum absolute atomic E-state index is 0.0207. The Kier molecular flexibility index (Phi) is 7.12. The van der Waals surface area contributed by atoms with Gasteiger partial charge in [0.15, 0.2) is 0 Å². The topological polar surface area (TPSA) is 90.3 Å². The number of hydrogen-bond acceptors (Lipinski definition) is 6. The lowest BCUT2D eigenvalue weighted by molar-refractivity contribution is -0.140. The van der Waals surface area contributed by atoms with Crippen LogP contribution in [0.3, 0.4) is 0 Å². The molecule has 1 saturated heterocycles. The number of carbonyl (C=O) groups excluding carboxylic acids is 2. The number of phenolic OH excluding ortho intramolecular Hbond substituents is 1. The van der Waals surface area contributed by atoms with Crippen molar-refractivity contribution >= 4 is 17.4 Å². The molecule has 0 aliphatic carbocycles. The van der Waals surface area contributed by atoms with Crippen molar-refractivity contribution in [3.05, 3.63) is 64.2 Å². The first-order chi connectivity index (χ1) is 15.6. The number of likely N-dealkylation sites (N-methyl/N-ethyl adjacent to an activating group) is 1. The van der Waals surface area contributed by atoms with Crippen molar-refractivity contribution in [3.63, 3.8) is 0 Å². The molecule has 3 rings (SSSR count). The highest BCUT2D eigenvalue weighted by Gasteiger charge is 2.46. The summed E-state index contributed by atoms with van der Waals surface area (Å²) in [6, 6.07) is 9.29. The SMILES string of the molecule is COc1cc(C)c(/C(O)=C2\C(=O)C(=O)N(CCN(C)C)C2c2cccc(O)c2)cc1C(C)C. The Bertz CT molecular complexity index is 1100. The number of aromatic hydroxyl groups is 1. The van der Waals surface area contributed by atoms with E-state index in [4.69, 9.17) is 4.74 Å². The second-order valence-electron chi connectivity index (χ2n) is 8.95. The summed E-state index contributed by atoms with van der Waals surface area (Å²) >= 11 is 0. The van der Waals surface area contributed by atoms with Crippen molar-refractivity contribution in [1.29, 1.82) is 0 Å². The molecule has 1 unspecified atom stereocenters. The number of aliphatic hydroxyl groups excluding tert-OH is 1. The molecule has 176 valence electrons. The first-order valence-corrected chi connectivity index (χ1v) is 11.0. The van der Waals surface area contributed by atoms with E-state index in [1.54, 1.807) is 19.2 Å². The van der Waals surface area contributed by atoms with E-state index in [1.165, 1.54) is 17.0 Å². The number of phenols is 1. The lowest BCUT2D eigenvalue weighted by atomic mass is 9.91. The normalized spacial score (nSPS) is 17.9. The number of ketones is 1. The van der Waals surface area contributed by atoms with Crippen LogP contribution in [0.25, 0.3) is 5.76 Å². The Morgan fingerprint density at radius 2 is 1.88 bits per heavy atom. The van der Waals surface area contributed by atoms with E-state index in [-0.39, 0.29) is 23.0 Å². The summed E-state index contributed by atoms with van der Waals surface area (Å²) < 4.78 is 5.50. The summed E-state index contributed by atoms with van der Waals surface area (Å²) in [4.78, 5) is 29.6. The van der Waals surface area contributed by atoms with Crippen LogP contribution < -0.4 is 4.74 Å². The summed E-state index contributed by atoms with van der Waals surface area (Å²) in [5, 5.41) is 21.5. The minimum atomic E-state index is -0.805. The Morgan fingerprint density at radius 3 is 2.45 bits per heavy atom. The summed E-state index contributed by atoms with van der Waals surface area (Å²) in [5.41, 5.74) is 2.68. The lowest BCUT2D eigenvalue weighted by Gasteiger charge is -2.27. The molecule has 1 aliphatic rings. The smallest absolute Gasteiger partial charge is 0.295 e. The number of rotatable bonds is 7. The van der Waals surface area contributed by atoms with Gasteiger partial charge in [0, 0.05) is 18.7 Å². The predicted octanol–water partition coefficient (Wildman–Crippen LogP) is 3.82. The van der Waals surface area contributed by atoms with Crippen LogP contribution in [0.5, 0.6) is 11.5 Å². The summed E-state index contributed by atoms with van der Waals surface area (Å²) in [6.45, 7) is 6.70. The summed E-state index contributed by atoms with van der Waals surface area (Å²) in [6.07, 6.45) is 0. The van der Waals surface area contributed by atoms with Crippen molar-refractivity contribution in [3.8, 4) is 11.5 Å². The third-order valence-corrected chi connectivity index (χ3v) is 5.97. The molecule has 1 amide bonds. The van der Waals surface area contributed by atoms with Crippen LogP contribution >= 0.6 is 0 Å². The number of likely N-dealkylation sites (tertiary alicyclic amines) is 1. The molecule has 0 spiro atoms. The number of carbonyl (C=O) groups is 2. The monoisotopic (exact) mass is 452 g/mol. The fraction of sp³-hybridized carbons (Fsp3) is 0.385. The molecule has 2 aromatic carbocycles. The highest BCUT2D eigenvalue weighted by molar-refractivity contribution is 6.46. The van der Waals surface area contributed by atoms with Gasteiger partial charge in [0.1, 0.15) is 17.3 Å². The third-order valence-electron chi connectivity index (χ3n) is 5.97. The van der Waals surface area contributed by atoms with Gasteiger partial charge in [-0.2, -0.15) is 0 Å². The molecule has 1 heterocycles. The first kappa shape index (κ1) is 24.3. The van der Waals surface area contributed by atoms with E-state index in [1.807, 2.05) is 51.9 Å². The van der Waals surface area contributed by atoms with E-state index in [0.29, 0.717) is 30.0 Å². The van der Waals surface area contributed by atoms with Crippen LogP contribution in [-0.2, 0) is 9.59 Å². The highest BCUT2D eigenvalue weighted by atomic mass is 16.5. The molecule has 1 fully saturated rings.